The zero-order chi connectivity index (χ0) is 25.4. The van der Waals surface area contributed by atoms with E-state index in [0.717, 1.165) is 11.8 Å². The molecule has 2 aromatic rings. The van der Waals surface area contributed by atoms with Gasteiger partial charge in [-0.3, -0.25) is 9.36 Å². The van der Waals surface area contributed by atoms with Crippen LogP contribution in [0.5, 0.6) is 0 Å². The smallest absolute Gasteiger partial charge is 0.255 e. The lowest BCUT2D eigenvalue weighted by atomic mass is 9.99. The van der Waals surface area contributed by atoms with E-state index >= 15 is 0 Å². The number of pyridine rings is 1. The Bertz CT molecular complexity index is 1260. The van der Waals surface area contributed by atoms with Gasteiger partial charge in [0, 0.05) is 48.2 Å². The predicted molar refractivity (Wildman–Crippen MR) is 137 cm³/mol. The first-order chi connectivity index (χ1) is 16.5. The highest BCUT2D eigenvalue weighted by Crippen LogP contribution is 2.39. The average Bonchev–Trinajstić information content (AvgIpc) is 3.13. The van der Waals surface area contributed by atoms with Crippen molar-refractivity contribution in [1.29, 1.82) is 0 Å². The van der Waals surface area contributed by atoms with Crippen molar-refractivity contribution >= 4 is 27.0 Å². The predicted octanol–water partition coefficient (Wildman–Crippen LogP) is 1.86. The van der Waals surface area contributed by atoms with Crippen LogP contribution in [0.15, 0.2) is 28.5 Å². The number of sulfonamides is 1. The second-order valence-electron chi connectivity index (χ2n) is 10.2. The van der Waals surface area contributed by atoms with Crippen molar-refractivity contribution in [2.45, 2.75) is 63.6 Å². The number of hydrogen-bond donors (Lipinski definition) is 2. The van der Waals surface area contributed by atoms with Crippen molar-refractivity contribution in [3.63, 3.8) is 0 Å². The van der Waals surface area contributed by atoms with Crippen LogP contribution in [0.3, 0.4) is 0 Å². The Kier molecular flexibility index (Phi) is 7.33. The molecular formula is C24H36N6O4S. The average molecular weight is 505 g/mol. The van der Waals surface area contributed by atoms with E-state index in [1.165, 1.54) is 9.71 Å². The van der Waals surface area contributed by atoms with E-state index in [1.54, 1.807) is 36.8 Å². The molecule has 2 aliphatic rings. The van der Waals surface area contributed by atoms with Crippen LogP contribution in [-0.4, -0.2) is 82.6 Å². The molecule has 10 nitrogen and oxygen atoms in total. The molecule has 2 atom stereocenters. The fraction of sp³-hybridized carbons (Fsp3) is 0.625. The minimum absolute atomic E-state index is 0.0184. The molecule has 0 amide bonds. The zero-order valence-corrected chi connectivity index (χ0v) is 21.8. The van der Waals surface area contributed by atoms with Crippen molar-refractivity contribution in [1.82, 2.24) is 23.7 Å². The van der Waals surface area contributed by atoms with Crippen molar-refractivity contribution in [3.05, 3.63) is 39.7 Å². The summed E-state index contributed by atoms with van der Waals surface area (Å²) in [4.78, 5) is 24.1. The first kappa shape index (κ1) is 25.7. The summed E-state index contributed by atoms with van der Waals surface area (Å²) in [7, 11) is 0.343. The van der Waals surface area contributed by atoms with Gasteiger partial charge in [-0.2, -0.15) is 9.29 Å². The number of aryl methyl sites for hydroxylation is 1. The van der Waals surface area contributed by atoms with E-state index in [9.17, 15) is 18.3 Å². The summed E-state index contributed by atoms with van der Waals surface area (Å²) in [6.45, 7) is 4.94. The Labute approximate surface area is 206 Å². The van der Waals surface area contributed by atoms with Crippen molar-refractivity contribution in [2.24, 2.45) is 0 Å². The molecule has 2 aromatic heterocycles. The Morgan fingerprint density at radius 2 is 2.00 bits per heavy atom. The van der Waals surface area contributed by atoms with Crippen LogP contribution in [0.25, 0.3) is 11.0 Å². The number of hydrogen-bond acceptors (Lipinski definition) is 8. The molecule has 4 rings (SSSR count). The van der Waals surface area contributed by atoms with Gasteiger partial charge < -0.3 is 15.3 Å². The second kappa shape index (κ2) is 9.96. The SMILES string of the molecule is Cc1cc2cnc(NC3CCN(S(=O)(=O)/C=C/CN(C)C)CC3)nc2n([C@@H]2CCC[C@@]2(C)O)c1=O. The van der Waals surface area contributed by atoms with Crippen molar-refractivity contribution < 1.29 is 13.5 Å². The molecule has 192 valence electrons. The maximum atomic E-state index is 13.1. The van der Waals surface area contributed by atoms with E-state index < -0.39 is 15.6 Å². The molecule has 0 unspecified atom stereocenters. The normalized spacial score (nSPS) is 24.7. The van der Waals surface area contributed by atoms with Crippen LogP contribution in [0.1, 0.15) is 50.6 Å². The molecular weight excluding hydrogens is 468 g/mol. The van der Waals surface area contributed by atoms with Gasteiger partial charge in [0.2, 0.25) is 16.0 Å². The van der Waals surface area contributed by atoms with Gasteiger partial charge in [-0.1, -0.05) is 6.08 Å². The Balaban J connectivity index is 1.51. The third-order valence-electron chi connectivity index (χ3n) is 7.03. The Morgan fingerprint density at radius 1 is 1.29 bits per heavy atom. The van der Waals surface area contributed by atoms with E-state index in [1.807, 2.05) is 19.0 Å². The van der Waals surface area contributed by atoms with Crippen LogP contribution in [0, 0.1) is 6.92 Å². The van der Waals surface area contributed by atoms with Crippen LogP contribution in [-0.2, 0) is 10.0 Å². The number of aromatic nitrogens is 3. The summed E-state index contributed by atoms with van der Waals surface area (Å²) in [5.41, 5.74) is -0.00762. The first-order valence-corrected chi connectivity index (χ1v) is 13.7. The molecule has 35 heavy (non-hydrogen) atoms. The fourth-order valence-electron chi connectivity index (χ4n) is 5.05. The topological polar surface area (TPSA) is 121 Å². The first-order valence-electron chi connectivity index (χ1n) is 12.2. The minimum Gasteiger partial charge on any atom is -0.388 e. The molecule has 2 N–H and O–H groups in total. The van der Waals surface area contributed by atoms with Gasteiger partial charge in [0.15, 0.2) is 0 Å². The van der Waals surface area contributed by atoms with Crippen LogP contribution in [0.2, 0.25) is 0 Å². The van der Waals surface area contributed by atoms with Gasteiger partial charge in [0.25, 0.3) is 5.56 Å². The standard InChI is InChI=1S/C24H36N6O4S/c1-17-15-18-16-25-23(27-21(18)30(22(17)31)20-7-5-10-24(20,2)32)26-19-8-12-29(13-9-19)35(33,34)14-6-11-28(3)4/h6,14-16,19-20,32H,5,7-13H2,1-4H3,(H,25,26,27)/b14-6+/t20-,24-/m1/s1. The summed E-state index contributed by atoms with van der Waals surface area (Å²) < 4.78 is 28.3. The molecule has 0 radical (unpaired) electrons. The Morgan fingerprint density at radius 3 is 2.63 bits per heavy atom. The highest BCUT2D eigenvalue weighted by Gasteiger charge is 2.39. The van der Waals surface area contributed by atoms with Crippen LogP contribution < -0.4 is 10.9 Å². The number of likely N-dealkylation sites (N-methyl/N-ethyl adjacent to an activating group) is 1. The molecule has 0 aromatic carbocycles. The molecule has 11 heteroatoms. The van der Waals surface area contributed by atoms with Crippen LogP contribution >= 0.6 is 0 Å². The lowest BCUT2D eigenvalue weighted by molar-refractivity contribution is 0.0266. The largest absolute Gasteiger partial charge is 0.388 e. The highest BCUT2D eigenvalue weighted by atomic mass is 32.2. The third-order valence-corrected chi connectivity index (χ3v) is 8.65. The maximum Gasteiger partial charge on any atom is 0.255 e. The van der Waals surface area contributed by atoms with E-state index in [-0.39, 0.29) is 17.6 Å². The van der Waals surface area contributed by atoms with Gasteiger partial charge in [-0.25, -0.2) is 13.4 Å². The Hall–Kier alpha value is -2.34. The maximum absolute atomic E-state index is 13.1. The quantitative estimate of drug-likeness (QED) is 0.586. The number of rotatable bonds is 7. The number of nitrogens with zero attached hydrogens (tertiary/aromatic N) is 5. The fourth-order valence-corrected chi connectivity index (χ4v) is 6.27. The minimum atomic E-state index is -3.43. The lowest BCUT2D eigenvalue weighted by Gasteiger charge is -2.31. The summed E-state index contributed by atoms with van der Waals surface area (Å²) >= 11 is 0. The third kappa shape index (κ3) is 5.58. The monoisotopic (exact) mass is 504 g/mol. The summed E-state index contributed by atoms with van der Waals surface area (Å²) in [5, 5.41) is 16.3. The van der Waals surface area contributed by atoms with Gasteiger partial charge in [0.05, 0.1) is 11.6 Å². The van der Waals surface area contributed by atoms with Crippen LogP contribution in [0.4, 0.5) is 5.95 Å². The van der Waals surface area contributed by atoms with Gasteiger partial charge in [0.1, 0.15) is 5.65 Å². The van der Waals surface area contributed by atoms with Crippen molar-refractivity contribution in [2.75, 3.05) is 39.0 Å². The molecule has 0 bridgehead atoms. The highest BCUT2D eigenvalue weighted by molar-refractivity contribution is 7.92. The number of aliphatic hydroxyl groups is 1. The summed E-state index contributed by atoms with van der Waals surface area (Å²) in [6.07, 6.45) is 6.82. The van der Waals surface area contributed by atoms with Gasteiger partial charge in [-0.15, -0.1) is 0 Å². The number of fused-ring (bicyclic) bond motifs is 1. The molecule has 3 heterocycles. The van der Waals surface area contributed by atoms with Gasteiger partial charge in [-0.05, 0) is 66.1 Å². The summed E-state index contributed by atoms with van der Waals surface area (Å²) in [5.74, 6) is 0.402. The number of nitrogens with one attached hydrogen (secondary N) is 1. The zero-order valence-electron chi connectivity index (χ0n) is 20.9. The molecule has 2 fully saturated rings. The number of piperidine rings is 1. The number of anilines is 1. The molecule has 1 saturated carbocycles. The molecule has 1 aliphatic heterocycles. The molecule has 1 saturated heterocycles. The summed E-state index contributed by atoms with van der Waals surface area (Å²) in [6, 6.07) is 1.47. The van der Waals surface area contributed by atoms with E-state index in [0.29, 0.717) is 62.5 Å². The van der Waals surface area contributed by atoms with E-state index in [2.05, 4.69) is 15.3 Å². The van der Waals surface area contributed by atoms with Crippen molar-refractivity contribution in [3.8, 4) is 0 Å². The molecule has 0 spiro atoms. The van der Waals surface area contributed by atoms with Gasteiger partial charge >= 0.3 is 0 Å². The van der Waals surface area contributed by atoms with E-state index in [4.69, 9.17) is 0 Å². The lowest BCUT2D eigenvalue weighted by Crippen LogP contribution is -2.42. The molecule has 1 aliphatic carbocycles. The second-order valence-corrected chi connectivity index (χ2v) is 12.1.